The highest BCUT2D eigenvalue weighted by Crippen LogP contribution is 2.34. The first kappa shape index (κ1) is 21.1. The molecule has 1 heterocycles. The number of ether oxygens (including phenoxy) is 4. The lowest BCUT2D eigenvalue weighted by atomic mass is 9.99. The summed E-state index contributed by atoms with van der Waals surface area (Å²) in [6.07, 6.45) is -3.98. The first-order valence-corrected chi connectivity index (χ1v) is 8.64. The van der Waals surface area contributed by atoms with E-state index >= 15 is 0 Å². The zero-order valence-corrected chi connectivity index (χ0v) is 15.2. The Labute approximate surface area is 149 Å². The predicted octanol–water partition coefficient (Wildman–Crippen LogP) is 1.57. The Balaban J connectivity index is 3.25. The van der Waals surface area contributed by atoms with Crippen LogP contribution in [0.1, 0.15) is 27.7 Å². The van der Waals surface area contributed by atoms with E-state index in [1.807, 2.05) is 6.92 Å². The highest BCUT2D eigenvalue weighted by Gasteiger charge is 2.51. The van der Waals surface area contributed by atoms with Crippen molar-refractivity contribution < 1.29 is 33.3 Å². The Morgan fingerprint density at radius 3 is 2.04 bits per heavy atom. The minimum atomic E-state index is -1.08. The quantitative estimate of drug-likeness (QED) is 0.215. The van der Waals surface area contributed by atoms with E-state index in [9.17, 15) is 14.4 Å². The van der Waals surface area contributed by atoms with Gasteiger partial charge in [0.1, 0.15) is 11.5 Å². The Morgan fingerprint density at radius 1 is 1.04 bits per heavy atom. The number of hydrogen-bond donors (Lipinski definition) is 0. The van der Waals surface area contributed by atoms with Gasteiger partial charge in [-0.1, -0.05) is 12.0 Å². The van der Waals surface area contributed by atoms with E-state index in [1.54, 1.807) is 0 Å². The van der Waals surface area contributed by atoms with Crippen molar-refractivity contribution in [1.29, 1.82) is 0 Å². The largest absolute Gasteiger partial charge is 0.456 e. The van der Waals surface area contributed by atoms with Gasteiger partial charge in [0.25, 0.3) is 0 Å². The number of rotatable bonds is 7. The summed E-state index contributed by atoms with van der Waals surface area (Å²) in [6.45, 7) is 5.32. The van der Waals surface area contributed by atoms with Gasteiger partial charge >= 0.3 is 17.9 Å². The molecule has 1 aliphatic heterocycles. The van der Waals surface area contributed by atoms with E-state index in [0.29, 0.717) is 5.75 Å². The van der Waals surface area contributed by atoms with Gasteiger partial charge in [0.15, 0.2) is 18.3 Å². The van der Waals surface area contributed by atoms with Crippen molar-refractivity contribution in [2.24, 2.45) is 5.11 Å². The van der Waals surface area contributed by atoms with E-state index in [2.05, 4.69) is 10.0 Å². The molecular formula is C14H21N3O7S. The van der Waals surface area contributed by atoms with Gasteiger partial charge in [-0.15, -0.1) is 11.8 Å². The van der Waals surface area contributed by atoms with E-state index in [0.717, 1.165) is 0 Å². The number of thioether (sulfide) groups is 1. The lowest BCUT2D eigenvalue weighted by Crippen LogP contribution is -2.61. The second-order valence-corrected chi connectivity index (χ2v) is 6.51. The third-order valence-electron chi connectivity index (χ3n) is 3.15. The normalized spacial score (nSPS) is 28.4. The molecule has 3 unspecified atom stereocenters. The van der Waals surface area contributed by atoms with Crippen LogP contribution < -0.4 is 0 Å². The third-order valence-corrected chi connectivity index (χ3v) is 4.19. The summed E-state index contributed by atoms with van der Waals surface area (Å²) in [5.41, 5.74) is 7.87. The van der Waals surface area contributed by atoms with Crippen LogP contribution in [0.3, 0.4) is 0 Å². The van der Waals surface area contributed by atoms with Gasteiger partial charge in [0.2, 0.25) is 0 Å². The van der Waals surface area contributed by atoms with Gasteiger partial charge < -0.3 is 18.9 Å². The lowest BCUT2D eigenvalue weighted by molar-refractivity contribution is -0.230. The minimum Gasteiger partial charge on any atom is -0.456 e. The molecule has 0 aromatic rings. The van der Waals surface area contributed by atoms with Gasteiger partial charge in [0.05, 0.1) is 6.54 Å². The summed E-state index contributed by atoms with van der Waals surface area (Å²) >= 11 is 1.33. The summed E-state index contributed by atoms with van der Waals surface area (Å²) in [5, 5.41) is 3.45. The van der Waals surface area contributed by atoms with Crippen LogP contribution in [0, 0.1) is 0 Å². The molecule has 0 bridgehead atoms. The highest BCUT2D eigenvalue weighted by atomic mass is 32.2. The van der Waals surface area contributed by atoms with E-state index in [4.69, 9.17) is 24.5 Å². The van der Waals surface area contributed by atoms with Crippen molar-refractivity contribution in [2.45, 2.75) is 57.5 Å². The summed E-state index contributed by atoms with van der Waals surface area (Å²) in [6, 6.07) is 0. The standard InChI is InChI=1S/C14H21N3O7S/c1-5-25-14-13(23-9(4)20)12(22-8(3)19)11(21-7(2)18)10(24-14)6-16-17-15/h10-14H,5-6H2,1-4H3/t10?,11-,12?,13?,14-/m1/s1. The van der Waals surface area contributed by atoms with Crippen LogP contribution in [-0.4, -0.2) is 60.1 Å². The summed E-state index contributed by atoms with van der Waals surface area (Å²) < 4.78 is 21.6. The molecule has 0 aliphatic carbocycles. The van der Waals surface area contributed by atoms with Crippen LogP contribution in [0.5, 0.6) is 0 Å². The molecule has 25 heavy (non-hydrogen) atoms. The average molecular weight is 375 g/mol. The maximum Gasteiger partial charge on any atom is 0.303 e. The van der Waals surface area contributed by atoms with Crippen LogP contribution in [0.15, 0.2) is 5.11 Å². The zero-order chi connectivity index (χ0) is 19.0. The molecule has 11 heteroatoms. The van der Waals surface area contributed by atoms with Gasteiger partial charge in [0, 0.05) is 25.7 Å². The smallest absolute Gasteiger partial charge is 0.303 e. The molecule has 5 atom stereocenters. The SMILES string of the molecule is CCS[C@H]1OC(CN=[N+]=[N-])[C@@H](OC(C)=O)C(OC(C)=O)C1OC(C)=O. The van der Waals surface area contributed by atoms with Gasteiger partial charge in [-0.25, -0.2) is 0 Å². The maximum atomic E-state index is 11.5. The van der Waals surface area contributed by atoms with Crippen molar-refractivity contribution in [1.82, 2.24) is 0 Å². The average Bonchev–Trinajstić information content (AvgIpc) is 2.50. The zero-order valence-electron chi connectivity index (χ0n) is 14.4. The summed E-state index contributed by atoms with van der Waals surface area (Å²) in [4.78, 5) is 37.1. The number of esters is 3. The Kier molecular flexibility index (Phi) is 8.53. The first-order chi connectivity index (χ1) is 11.8. The molecule has 1 saturated heterocycles. The first-order valence-electron chi connectivity index (χ1n) is 7.59. The number of nitrogens with zero attached hydrogens (tertiary/aromatic N) is 3. The van der Waals surface area contributed by atoms with E-state index in [1.165, 1.54) is 32.5 Å². The second kappa shape index (κ2) is 10.1. The molecule has 0 aromatic carbocycles. The molecule has 140 valence electrons. The minimum absolute atomic E-state index is 0.139. The molecule has 0 spiro atoms. The van der Waals surface area contributed by atoms with Crippen molar-refractivity contribution in [3.05, 3.63) is 10.4 Å². The molecule has 0 aromatic heterocycles. The fraction of sp³-hybridized carbons (Fsp3) is 0.786. The van der Waals surface area contributed by atoms with Crippen LogP contribution in [0.2, 0.25) is 0 Å². The van der Waals surface area contributed by atoms with Crippen molar-refractivity contribution in [3.63, 3.8) is 0 Å². The van der Waals surface area contributed by atoms with E-state index in [-0.39, 0.29) is 6.54 Å². The van der Waals surface area contributed by atoms with Crippen molar-refractivity contribution >= 4 is 29.7 Å². The van der Waals surface area contributed by atoms with Crippen LogP contribution >= 0.6 is 11.8 Å². The van der Waals surface area contributed by atoms with Crippen LogP contribution in [-0.2, 0) is 33.3 Å². The lowest BCUT2D eigenvalue weighted by Gasteiger charge is -2.44. The highest BCUT2D eigenvalue weighted by molar-refractivity contribution is 7.99. The van der Waals surface area contributed by atoms with Gasteiger partial charge in [-0.2, -0.15) is 0 Å². The molecule has 0 saturated carbocycles. The number of azide groups is 1. The van der Waals surface area contributed by atoms with Gasteiger partial charge in [-0.3, -0.25) is 14.4 Å². The monoisotopic (exact) mass is 375 g/mol. The number of carbonyl (C=O) groups is 3. The molecule has 0 N–H and O–H groups in total. The van der Waals surface area contributed by atoms with Gasteiger partial charge in [-0.05, 0) is 11.3 Å². The van der Waals surface area contributed by atoms with Crippen molar-refractivity contribution in [2.75, 3.05) is 12.3 Å². The number of carbonyl (C=O) groups excluding carboxylic acids is 3. The molecular weight excluding hydrogens is 354 g/mol. The van der Waals surface area contributed by atoms with Crippen molar-refractivity contribution in [3.8, 4) is 0 Å². The molecule has 1 fully saturated rings. The molecule has 0 radical (unpaired) electrons. The Bertz CT molecular complexity index is 553. The topological polar surface area (TPSA) is 137 Å². The molecule has 1 aliphatic rings. The summed E-state index contributed by atoms with van der Waals surface area (Å²) in [5.74, 6) is -1.24. The van der Waals surface area contributed by atoms with Crippen LogP contribution in [0.25, 0.3) is 10.4 Å². The Morgan fingerprint density at radius 2 is 1.56 bits per heavy atom. The predicted molar refractivity (Wildman–Crippen MR) is 87.5 cm³/mol. The van der Waals surface area contributed by atoms with Crippen LogP contribution in [0.4, 0.5) is 0 Å². The maximum absolute atomic E-state index is 11.5. The second-order valence-electron chi connectivity index (χ2n) is 5.13. The number of hydrogen-bond acceptors (Lipinski definition) is 9. The fourth-order valence-corrected chi connectivity index (χ4v) is 3.37. The molecule has 0 amide bonds. The molecule has 1 rings (SSSR count). The fourth-order valence-electron chi connectivity index (χ4n) is 2.42. The molecule has 10 nitrogen and oxygen atoms in total. The summed E-state index contributed by atoms with van der Waals surface area (Å²) in [7, 11) is 0. The Hall–Kier alpha value is -1.97. The third kappa shape index (κ3) is 6.45. The van der Waals surface area contributed by atoms with E-state index < -0.39 is 47.8 Å².